The number of aryl methyl sites for hydroxylation is 1. The van der Waals surface area contributed by atoms with Gasteiger partial charge in [0.25, 0.3) is 0 Å². The summed E-state index contributed by atoms with van der Waals surface area (Å²) in [6.45, 7) is 7.03. The lowest BCUT2D eigenvalue weighted by atomic mass is 10.0. The van der Waals surface area contributed by atoms with E-state index in [1.165, 1.54) is 12.8 Å². The summed E-state index contributed by atoms with van der Waals surface area (Å²) in [6, 6.07) is 5.26. The number of aromatic nitrogens is 1. The topological polar surface area (TPSA) is 58.4 Å². The predicted molar refractivity (Wildman–Crippen MR) is 93.4 cm³/mol. The van der Waals surface area contributed by atoms with Gasteiger partial charge in [0.15, 0.2) is 5.96 Å². The van der Waals surface area contributed by atoms with Gasteiger partial charge in [-0.15, -0.1) is 0 Å². The SMILES string of the molecule is CCC(CC)CNC(=NC)NCCCCn1ccccc1=O. The van der Waals surface area contributed by atoms with E-state index in [2.05, 4.69) is 29.5 Å². The van der Waals surface area contributed by atoms with E-state index in [0.717, 1.165) is 38.4 Å². The Balaban J connectivity index is 2.19. The highest BCUT2D eigenvalue weighted by atomic mass is 16.1. The van der Waals surface area contributed by atoms with Crippen LogP contribution >= 0.6 is 0 Å². The fraction of sp³-hybridized carbons (Fsp3) is 0.647. The van der Waals surface area contributed by atoms with E-state index < -0.39 is 0 Å². The van der Waals surface area contributed by atoms with Crippen LogP contribution < -0.4 is 16.2 Å². The van der Waals surface area contributed by atoms with Gasteiger partial charge in [-0.05, 0) is 24.8 Å². The summed E-state index contributed by atoms with van der Waals surface area (Å²) in [5, 5.41) is 6.70. The first kappa shape index (κ1) is 18.3. The summed E-state index contributed by atoms with van der Waals surface area (Å²) in [5.41, 5.74) is 0.0677. The fourth-order valence-corrected chi connectivity index (χ4v) is 2.30. The Bertz CT molecular complexity index is 491. The maximum Gasteiger partial charge on any atom is 0.250 e. The fourth-order valence-electron chi connectivity index (χ4n) is 2.30. The molecule has 5 heteroatoms. The number of aliphatic imine (C=N–C) groups is 1. The molecule has 124 valence electrons. The molecule has 0 aliphatic heterocycles. The van der Waals surface area contributed by atoms with Crippen LogP contribution in [-0.4, -0.2) is 30.7 Å². The van der Waals surface area contributed by atoms with E-state index in [9.17, 15) is 4.79 Å². The number of unbranched alkanes of at least 4 members (excludes halogenated alkanes) is 1. The number of hydrogen-bond acceptors (Lipinski definition) is 2. The first-order valence-electron chi connectivity index (χ1n) is 8.31. The Kier molecular flexibility index (Phi) is 9.03. The second-order valence-corrected chi connectivity index (χ2v) is 5.50. The van der Waals surface area contributed by atoms with Crippen molar-refractivity contribution in [3.63, 3.8) is 0 Å². The maximum absolute atomic E-state index is 11.6. The minimum absolute atomic E-state index is 0.0677. The lowest BCUT2D eigenvalue weighted by Crippen LogP contribution is -2.40. The first-order valence-corrected chi connectivity index (χ1v) is 8.31. The van der Waals surface area contributed by atoms with Gasteiger partial charge in [0.2, 0.25) is 5.56 Å². The van der Waals surface area contributed by atoms with Crippen molar-refractivity contribution in [3.8, 4) is 0 Å². The highest BCUT2D eigenvalue weighted by Crippen LogP contribution is 2.04. The number of pyridine rings is 1. The van der Waals surface area contributed by atoms with Gasteiger partial charge in [0.1, 0.15) is 0 Å². The second-order valence-electron chi connectivity index (χ2n) is 5.50. The molecular weight excluding hydrogens is 276 g/mol. The van der Waals surface area contributed by atoms with Crippen LogP contribution in [0.3, 0.4) is 0 Å². The van der Waals surface area contributed by atoms with E-state index in [-0.39, 0.29) is 5.56 Å². The maximum atomic E-state index is 11.6. The summed E-state index contributed by atoms with van der Waals surface area (Å²) in [5.74, 6) is 1.56. The van der Waals surface area contributed by atoms with Crippen molar-refractivity contribution in [1.82, 2.24) is 15.2 Å². The molecule has 0 atom stereocenters. The molecule has 0 aliphatic rings. The third-order valence-electron chi connectivity index (χ3n) is 3.95. The number of nitrogens with one attached hydrogen (secondary N) is 2. The van der Waals surface area contributed by atoms with E-state index in [1.54, 1.807) is 23.7 Å². The third kappa shape index (κ3) is 6.78. The zero-order chi connectivity index (χ0) is 16.2. The van der Waals surface area contributed by atoms with E-state index in [4.69, 9.17) is 0 Å². The molecule has 0 bridgehead atoms. The molecule has 1 aromatic heterocycles. The van der Waals surface area contributed by atoms with Crippen molar-refractivity contribution in [2.24, 2.45) is 10.9 Å². The Morgan fingerprint density at radius 3 is 2.64 bits per heavy atom. The van der Waals surface area contributed by atoms with Crippen LogP contribution in [0.4, 0.5) is 0 Å². The van der Waals surface area contributed by atoms with Gasteiger partial charge in [0, 0.05) is 38.9 Å². The summed E-state index contributed by atoms with van der Waals surface area (Å²) >= 11 is 0. The molecule has 1 heterocycles. The molecule has 1 aromatic rings. The highest BCUT2D eigenvalue weighted by molar-refractivity contribution is 5.79. The van der Waals surface area contributed by atoms with Crippen LogP contribution in [0, 0.1) is 5.92 Å². The minimum atomic E-state index is 0.0677. The Hall–Kier alpha value is -1.78. The molecule has 1 rings (SSSR count). The van der Waals surface area contributed by atoms with Crippen LogP contribution in [0.25, 0.3) is 0 Å². The molecule has 2 N–H and O–H groups in total. The van der Waals surface area contributed by atoms with Crippen LogP contribution in [0.2, 0.25) is 0 Å². The number of rotatable bonds is 9. The molecule has 0 aromatic carbocycles. The smallest absolute Gasteiger partial charge is 0.250 e. The van der Waals surface area contributed by atoms with E-state index >= 15 is 0 Å². The van der Waals surface area contributed by atoms with E-state index in [0.29, 0.717) is 5.92 Å². The summed E-state index contributed by atoms with van der Waals surface area (Å²) < 4.78 is 1.75. The van der Waals surface area contributed by atoms with Crippen LogP contribution in [0.15, 0.2) is 34.2 Å². The normalized spacial score (nSPS) is 11.7. The van der Waals surface area contributed by atoms with E-state index in [1.807, 2.05) is 12.3 Å². The van der Waals surface area contributed by atoms with Crippen molar-refractivity contribution >= 4 is 5.96 Å². The molecule has 0 spiro atoms. The molecule has 0 unspecified atom stereocenters. The van der Waals surface area contributed by atoms with Crippen molar-refractivity contribution in [1.29, 1.82) is 0 Å². The molecule has 5 nitrogen and oxygen atoms in total. The molecule has 0 radical (unpaired) electrons. The van der Waals surface area contributed by atoms with Gasteiger partial charge in [0.05, 0.1) is 0 Å². The van der Waals surface area contributed by atoms with Crippen molar-refractivity contribution in [3.05, 3.63) is 34.7 Å². The third-order valence-corrected chi connectivity index (χ3v) is 3.95. The molecule has 0 fully saturated rings. The van der Waals surface area contributed by atoms with Crippen molar-refractivity contribution in [2.75, 3.05) is 20.1 Å². The van der Waals surface area contributed by atoms with Crippen molar-refractivity contribution < 1.29 is 0 Å². The van der Waals surface area contributed by atoms with Gasteiger partial charge >= 0.3 is 0 Å². The van der Waals surface area contributed by atoms with Crippen molar-refractivity contribution in [2.45, 2.75) is 46.1 Å². The van der Waals surface area contributed by atoms with Gasteiger partial charge in [-0.3, -0.25) is 9.79 Å². The van der Waals surface area contributed by atoms with Crippen LogP contribution in [0.1, 0.15) is 39.5 Å². The first-order chi connectivity index (χ1) is 10.7. The largest absolute Gasteiger partial charge is 0.356 e. The molecule has 0 amide bonds. The van der Waals surface area contributed by atoms with Gasteiger partial charge in [-0.2, -0.15) is 0 Å². The number of nitrogens with zero attached hydrogens (tertiary/aromatic N) is 2. The standard InChI is InChI=1S/C17H30N4O/c1-4-15(5-2)14-20-17(18-3)19-11-7-9-13-21-12-8-6-10-16(21)22/h6,8,10,12,15H,4-5,7,9,11,13-14H2,1-3H3,(H2,18,19,20). The molecule has 0 saturated heterocycles. The molecular formula is C17H30N4O. The predicted octanol–water partition coefficient (Wildman–Crippen LogP) is 2.23. The highest BCUT2D eigenvalue weighted by Gasteiger charge is 2.04. The molecule has 22 heavy (non-hydrogen) atoms. The van der Waals surface area contributed by atoms with Gasteiger partial charge < -0.3 is 15.2 Å². The van der Waals surface area contributed by atoms with Gasteiger partial charge in [-0.25, -0.2) is 0 Å². The number of guanidine groups is 1. The van der Waals surface area contributed by atoms with Crippen LogP contribution in [-0.2, 0) is 6.54 Å². The average Bonchev–Trinajstić information content (AvgIpc) is 2.55. The minimum Gasteiger partial charge on any atom is -0.356 e. The average molecular weight is 306 g/mol. The zero-order valence-electron chi connectivity index (χ0n) is 14.1. The monoisotopic (exact) mass is 306 g/mol. The molecule has 0 aliphatic carbocycles. The Morgan fingerprint density at radius 2 is 2.00 bits per heavy atom. The molecule has 0 saturated carbocycles. The van der Waals surface area contributed by atoms with Gasteiger partial charge in [-0.1, -0.05) is 32.8 Å². The Morgan fingerprint density at radius 1 is 1.23 bits per heavy atom. The lowest BCUT2D eigenvalue weighted by molar-refractivity contribution is 0.480. The zero-order valence-corrected chi connectivity index (χ0v) is 14.1. The lowest BCUT2D eigenvalue weighted by Gasteiger charge is -2.16. The second kappa shape index (κ2) is 10.9. The Labute approximate surface area is 133 Å². The summed E-state index contributed by atoms with van der Waals surface area (Å²) in [4.78, 5) is 15.8. The number of hydrogen-bond donors (Lipinski definition) is 2. The van der Waals surface area contributed by atoms with Crippen LogP contribution in [0.5, 0.6) is 0 Å². The summed E-state index contributed by atoms with van der Waals surface area (Å²) in [6.07, 6.45) is 6.19. The quantitative estimate of drug-likeness (QED) is 0.418. The summed E-state index contributed by atoms with van der Waals surface area (Å²) in [7, 11) is 1.80.